The molecule has 31 heavy (non-hydrogen) atoms. The Labute approximate surface area is 193 Å². The highest BCUT2D eigenvalue weighted by Crippen LogP contribution is 2.47. The number of thioether (sulfide) groups is 1. The first-order chi connectivity index (χ1) is 14.6. The predicted molar refractivity (Wildman–Crippen MR) is 123 cm³/mol. The molecule has 1 atom stereocenters. The fourth-order valence-corrected chi connectivity index (χ4v) is 3.74. The summed E-state index contributed by atoms with van der Waals surface area (Å²) in [5.74, 6) is -0.840. The van der Waals surface area contributed by atoms with Crippen molar-refractivity contribution >= 4 is 51.2 Å². The molecule has 1 aromatic carbocycles. The van der Waals surface area contributed by atoms with Gasteiger partial charge in [0.25, 0.3) is 5.69 Å². The molecule has 2 rings (SSSR count). The van der Waals surface area contributed by atoms with E-state index in [1.54, 1.807) is 38.0 Å². The summed E-state index contributed by atoms with van der Waals surface area (Å²) in [4.78, 5) is 22.3. The Morgan fingerprint density at radius 2 is 1.42 bits per heavy atom. The number of rotatable bonds is 4. The molecule has 0 amide bonds. The van der Waals surface area contributed by atoms with Gasteiger partial charge in [-0.25, -0.2) is 9.98 Å². The van der Waals surface area contributed by atoms with Gasteiger partial charge in [-0.15, -0.1) is 0 Å². The SMILES string of the molecule is CN(C)/C(Cl)=N/C1=C(C#N)C(c2ccc([N+](=O)[O-])cc2)C(C#N)=C(/N=C(/Cl)N(C)C)S1. The minimum Gasteiger partial charge on any atom is -0.353 e. The molecule has 0 spiro atoms. The molecule has 1 aromatic rings. The first-order valence-electron chi connectivity index (χ1n) is 8.64. The van der Waals surface area contributed by atoms with E-state index in [0.29, 0.717) is 5.56 Å². The summed E-state index contributed by atoms with van der Waals surface area (Å²) in [6.45, 7) is 0. The van der Waals surface area contributed by atoms with Crippen LogP contribution in [0.3, 0.4) is 0 Å². The van der Waals surface area contributed by atoms with Crippen molar-refractivity contribution in [3.8, 4) is 12.1 Å². The van der Waals surface area contributed by atoms with Crippen LogP contribution in [0, 0.1) is 32.8 Å². The maximum Gasteiger partial charge on any atom is 0.269 e. The van der Waals surface area contributed by atoms with E-state index in [1.165, 1.54) is 24.3 Å². The molecule has 0 aliphatic carbocycles. The van der Waals surface area contributed by atoms with E-state index in [1.807, 2.05) is 0 Å². The van der Waals surface area contributed by atoms with Crippen LogP contribution in [0.4, 0.5) is 5.69 Å². The van der Waals surface area contributed by atoms with Crippen LogP contribution in [0.1, 0.15) is 11.5 Å². The zero-order chi connectivity index (χ0) is 23.3. The fourth-order valence-electron chi connectivity index (χ4n) is 2.47. The zero-order valence-corrected chi connectivity index (χ0v) is 19.3. The van der Waals surface area contributed by atoms with Gasteiger partial charge >= 0.3 is 0 Å². The van der Waals surface area contributed by atoms with E-state index in [9.17, 15) is 20.6 Å². The maximum absolute atomic E-state index is 11.0. The zero-order valence-electron chi connectivity index (χ0n) is 17.0. The van der Waals surface area contributed by atoms with Crippen LogP contribution in [-0.4, -0.2) is 53.5 Å². The van der Waals surface area contributed by atoms with Crippen LogP contribution in [0.25, 0.3) is 0 Å². The van der Waals surface area contributed by atoms with E-state index in [-0.39, 0.29) is 37.5 Å². The standard InChI is InChI=1S/C19H17Cl2N7O2S/c1-26(2)18(20)24-16-13(9-22)15(11-5-7-12(8-6-11)28(29)30)14(10-23)17(31-16)25-19(21)27(3)4/h5-8,15H,1-4H3/b24-18-,25-19+. The summed E-state index contributed by atoms with van der Waals surface area (Å²) in [5, 5.41) is 31.6. The minimum absolute atomic E-state index is 0.110. The van der Waals surface area contributed by atoms with Gasteiger partial charge in [0.1, 0.15) is 10.1 Å². The summed E-state index contributed by atoms with van der Waals surface area (Å²) in [7, 11) is 6.77. The van der Waals surface area contributed by atoms with Crippen LogP contribution >= 0.6 is 35.0 Å². The number of allylic oxidation sites excluding steroid dienone is 2. The largest absolute Gasteiger partial charge is 0.353 e. The molecule has 160 valence electrons. The number of aliphatic imine (C=N–C) groups is 2. The molecule has 1 aliphatic heterocycles. The smallest absolute Gasteiger partial charge is 0.269 e. The molecular formula is C19H17Cl2N7O2S. The molecule has 0 aromatic heterocycles. The van der Waals surface area contributed by atoms with E-state index in [2.05, 4.69) is 22.1 Å². The summed E-state index contributed by atoms with van der Waals surface area (Å²) in [6.07, 6.45) is 0. The number of nitro groups is 1. The van der Waals surface area contributed by atoms with Crippen LogP contribution in [-0.2, 0) is 0 Å². The Morgan fingerprint density at radius 3 is 1.74 bits per heavy atom. The maximum atomic E-state index is 11.0. The lowest BCUT2D eigenvalue weighted by molar-refractivity contribution is -0.384. The van der Waals surface area contributed by atoms with Gasteiger partial charge in [-0.05, 0) is 40.5 Å². The van der Waals surface area contributed by atoms with Gasteiger partial charge < -0.3 is 9.80 Å². The highest BCUT2D eigenvalue weighted by Gasteiger charge is 2.34. The third-order valence-corrected chi connectivity index (χ3v) is 5.89. The third kappa shape index (κ3) is 5.56. The predicted octanol–water partition coefficient (Wildman–Crippen LogP) is 4.21. The van der Waals surface area contributed by atoms with Crippen molar-refractivity contribution in [1.82, 2.24) is 9.80 Å². The Balaban J connectivity index is 2.79. The van der Waals surface area contributed by atoms with E-state index < -0.39 is 10.8 Å². The summed E-state index contributed by atoms with van der Waals surface area (Å²) in [6, 6.07) is 9.84. The van der Waals surface area contributed by atoms with Crippen LogP contribution < -0.4 is 0 Å². The van der Waals surface area contributed by atoms with Crippen LogP contribution in [0.5, 0.6) is 0 Å². The molecule has 0 saturated carbocycles. The van der Waals surface area contributed by atoms with Crippen molar-refractivity contribution in [1.29, 1.82) is 10.5 Å². The van der Waals surface area contributed by atoms with E-state index in [0.717, 1.165) is 11.8 Å². The van der Waals surface area contributed by atoms with Gasteiger partial charge in [0.15, 0.2) is 10.6 Å². The number of hydrogen-bond donors (Lipinski definition) is 0. The van der Waals surface area contributed by atoms with Crippen molar-refractivity contribution in [3.63, 3.8) is 0 Å². The molecule has 0 bridgehead atoms. The Morgan fingerprint density at radius 1 is 1.00 bits per heavy atom. The third-order valence-electron chi connectivity index (χ3n) is 4.04. The number of benzene rings is 1. The van der Waals surface area contributed by atoms with Crippen molar-refractivity contribution in [3.05, 3.63) is 61.1 Å². The summed E-state index contributed by atoms with van der Waals surface area (Å²) >= 11 is 13.4. The van der Waals surface area contributed by atoms with Gasteiger partial charge in [0, 0.05) is 40.3 Å². The number of amidine groups is 2. The van der Waals surface area contributed by atoms with Crippen LogP contribution in [0.15, 0.2) is 55.5 Å². The number of non-ortho nitro benzene ring substituents is 1. The first kappa shape index (κ1) is 24.2. The molecule has 1 unspecified atom stereocenters. The molecule has 1 aliphatic rings. The number of halogens is 2. The van der Waals surface area contributed by atoms with Crippen molar-refractivity contribution in [2.45, 2.75) is 5.92 Å². The van der Waals surface area contributed by atoms with E-state index in [4.69, 9.17) is 23.2 Å². The average Bonchev–Trinajstić information content (AvgIpc) is 2.73. The molecule has 9 nitrogen and oxygen atoms in total. The summed E-state index contributed by atoms with van der Waals surface area (Å²) < 4.78 is 0. The molecule has 1 heterocycles. The number of nitro benzene ring substituents is 1. The number of nitrogens with zero attached hydrogens (tertiary/aromatic N) is 7. The summed E-state index contributed by atoms with van der Waals surface area (Å²) in [5.41, 5.74) is 0.744. The normalized spacial score (nSPS) is 17.2. The lowest BCUT2D eigenvalue weighted by atomic mass is 9.85. The molecule has 0 fully saturated rings. The first-order valence-corrected chi connectivity index (χ1v) is 10.2. The van der Waals surface area contributed by atoms with Crippen molar-refractivity contribution in [2.24, 2.45) is 9.98 Å². The number of hydrogen-bond acceptors (Lipinski definition) is 7. The minimum atomic E-state index is -0.840. The second kappa shape index (κ2) is 10.3. The molecular weight excluding hydrogens is 461 g/mol. The second-order valence-electron chi connectivity index (χ2n) is 6.60. The quantitative estimate of drug-likeness (QED) is 0.209. The van der Waals surface area contributed by atoms with Gasteiger partial charge in [0.2, 0.25) is 0 Å². The topological polar surface area (TPSA) is 122 Å². The van der Waals surface area contributed by atoms with E-state index >= 15 is 0 Å². The monoisotopic (exact) mass is 477 g/mol. The highest BCUT2D eigenvalue weighted by atomic mass is 35.5. The molecule has 12 heteroatoms. The lowest BCUT2D eigenvalue weighted by Gasteiger charge is -2.24. The van der Waals surface area contributed by atoms with Crippen molar-refractivity contribution in [2.75, 3.05) is 28.2 Å². The lowest BCUT2D eigenvalue weighted by Crippen LogP contribution is -2.19. The van der Waals surface area contributed by atoms with Gasteiger partial charge in [-0.1, -0.05) is 12.1 Å². The highest BCUT2D eigenvalue weighted by molar-refractivity contribution is 8.06. The number of nitriles is 2. The van der Waals surface area contributed by atoms with Gasteiger partial charge in [-0.2, -0.15) is 10.5 Å². The second-order valence-corrected chi connectivity index (χ2v) is 8.25. The fraction of sp³-hybridized carbons (Fsp3) is 0.263. The van der Waals surface area contributed by atoms with Gasteiger partial charge in [-0.3, -0.25) is 10.1 Å². The average molecular weight is 478 g/mol. The van der Waals surface area contributed by atoms with Gasteiger partial charge in [0.05, 0.1) is 34.1 Å². The molecule has 0 radical (unpaired) electrons. The Hall–Kier alpha value is -3.05. The molecule has 0 saturated heterocycles. The van der Waals surface area contributed by atoms with Crippen molar-refractivity contribution < 1.29 is 4.92 Å². The molecule has 0 N–H and O–H groups in total. The Kier molecular flexibility index (Phi) is 8.06. The Bertz CT molecular complexity index is 1040. The van der Waals surface area contributed by atoms with Crippen LogP contribution in [0.2, 0.25) is 0 Å².